The Labute approximate surface area is 117 Å². The molecule has 4 nitrogen and oxygen atoms in total. The van der Waals surface area contributed by atoms with Crippen molar-refractivity contribution in [2.45, 2.75) is 33.2 Å². The fraction of sp³-hybridized carbons (Fsp3) is 0.429. The molecule has 1 aromatic rings. The number of carbonyl (C=O) groups excluding carboxylic acids is 2. The molecule has 1 aromatic heterocycles. The number of nitrogens with zero attached hydrogens (tertiary/aromatic N) is 2. The van der Waals surface area contributed by atoms with Crippen LogP contribution in [-0.2, 0) is 4.79 Å². The van der Waals surface area contributed by atoms with Crippen LogP contribution in [0.25, 0.3) is 6.08 Å². The number of carbonyl (C=O) groups is 2. The van der Waals surface area contributed by atoms with Crippen molar-refractivity contribution in [3.8, 4) is 0 Å². The monoisotopic (exact) mass is 278 g/mol. The summed E-state index contributed by atoms with van der Waals surface area (Å²) in [7, 11) is 0. The second kappa shape index (κ2) is 5.65. The lowest BCUT2D eigenvalue weighted by molar-refractivity contribution is -0.122. The van der Waals surface area contributed by atoms with Gasteiger partial charge in [0.25, 0.3) is 11.1 Å². The molecule has 1 aliphatic heterocycles. The molecule has 2 rings (SSSR count). The van der Waals surface area contributed by atoms with E-state index in [2.05, 4.69) is 18.4 Å². The topological polar surface area (TPSA) is 42.3 Å². The number of hydrogen-bond acceptors (Lipinski definition) is 3. The summed E-state index contributed by atoms with van der Waals surface area (Å²) in [6.07, 6.45) is 6.54. The third kappa shape index (κ3) is 2.92. The molecule has 0 aromatic carbocycles. The minimum Gasteiger partial charge on any atom is -0.351 e. The van der Waals surface area contributed by atoms with E-state index in [1.807, 2.05) is 25.4 Å². The molecule has 102 valence electrons. The summed E-state index contributed by atoms with van der Waals surface area (Å²) in [6.45, 7) is 6.64. The zero-order chi connectivity index (χ0) is 14.0. The van der Waals surface area contributed by atoms with E-state index < -0.39 is 0 Å². The maximum atomic E-state index is 12.1. The van der Waals surface area contributed by atoms with Gasteiger partial charge in [0.2, 0.25) is 0 Å². The second-order valence-corrected chi connectivity index (χ2v) is 5.81. The quantitative estimate of drug-likeness (QED) is 0.791. The van der Waals surface area contributed by atoms with Crippen molar-refractivity contribution in [3.05, 3.63) is 28.9 Å². The van der Waals surface area contributed by atoms with E-state index in [4.69, 9.17) is 0 Å². The summed E-state index contributed by atoms with van der Waals surface area (Å²) < 4.78 is 2.07. The van der Waals surface area contributed by atoms with Crippen molar-refractivity contribution in [2.24, 2.45) is 0 Å². The Morgan fingerprint density at radius 1 is 1.37 bits per heavy atom. The van der Waals surface area contributed by atoms with Gasteiger partial charge < -0.3 is 4.57 Å². The van der Waals surface area contributed by atoms with Gasteiger partial charge in [-0.1, -0.05) is 6.92 Å². The number of aromatic nitrogens is 1. The van der Waals surface area contributed by atoms with Crippen LogP contribution in [0.4, 0.5) is 4.79 Å². The van der Waals surface area contributed by atoms with Crippen molar-refractivity contribution in [1.82, 2.24) is 9.47 Å². The van der Waals surface area contributed by atoms with Gasteiger partial charge in [0.05, 0.1) is 4.91 Å². The average molecular weight is 278 g/mol. The average Bonchev–Trinajstić information content (AvgIpc) is 2.91. The van der Waals surface area contributed by atoms with Gasteiger partial charge in [0, 0.05) is 25.0 Å². The molecule has 0 radical (unpaired) electrons. The summed E-state index contributed by atoms with van der Waals surface area (Å²) in [5, 5.41) is -0.165. The molecule has 0 atom stereocenters. The highest BCUT2D eigenvalue weighted by atomic mass is 32.2. The van der Waals surface area contributed by atoms with Crippen LogP contribution in [0, 0.1) is 0 Å². The maximum absolute atomic E-state index is 12.1. The Balaban J connectivity index is 2.19. The van der Waals surface area contributed by atoms with Crippen molar-refractivity contribution in [1.29, 1.82) is 0 Å². The zero-order valence-electron chi connectivity index (χ0n) is 11.4. The van der Waals surface area contributed by atoms with Crippen molar-refractivity contribution in [3.63, 3.8) is 0 Å². The number of thioether (sulfide) groups is 1. The molecule has 19 heavy (non-hydrogen) atoms. The summed E-state index contributed by atoms with van der Waals surface area (Å²) in [5.41, 5.74) is 0.954. The third-order valence-electron chi connectivity index (χ3n) is 2.95. The molecule has 0 N–H and O–H groups in total. The highest BCUT2D eigenvalue weighted by Crippen LogP contribution is 2.32. The molecule has 2 heterocycles. The molecule has 0 aliphatic carbocycles. The van der Waals surface area contributed by atoms with Gasteiger partial charge >= 0.3 is 0 Å². The fourth-order valence-corrected chi connectivity index (χ4v) is 2.77. The summed E-state index contributed by atoms with van der Waals surface area (Å²) in [4.78, 5) is 25.6. The number of hydrogen-bond donors (Lipinski definition) is 0. The fourth-order valence-electron chi connectivity index (χ4n) is 1.90. The van der Waals surface area contributed by atoms with Crippen molar-refractivity contribution >= 4 is 29.0 Å². The molecule has 0 saturated carbocycles. The maximum Gasteiger partial charge on any atom is 0.293 e. The summed E-state index contributed by atoms with van der Waals surface area (Å²) in [6, 6.07) is 2.34. The van der Waals surface area contributed by atoms with Crippen LogP contribution < -0.4 is 0 Å². The van der Waals surface area contributed by atoms with Gasteiger partial charge in [0.1, 0.15) is 0 Å². The summed E-state index contributed by atoms with van der Waals surface area (Å²) >= 11 is 1.02. The highest BCUT2D eigenvalue weighted by Gasteiger charge is 2.34. The van der Waals surface area contributed by atoms with Gasteiger partial charge in [-0.05, 0) is 49.7 Å². The van der Waals surface area contributed by atoms with Crippen molar-refractivity contribution in [2.75, 3.05) is 6.54 Å². The van der Waals surface area contributed by atoms with Gasteiger partial charge in [-0.25, -0.2) is 0 Å². The van der Waals surface area contributed by atoms with Gasteiger partial charge in [-0.3, -0.25) is 14.5 Å². The van der Waals surface area contributed by atoms with Crippen molar-refractivity contribution < 1.29 is 9.59 Å². The van der Waals surface area contributed by atoms with Gasteiger partial charge in [-0.15, -0.1) is 0 Å². The normalized spacial score (nSPS) is 18.1. The molecular formula is C14H18N2O2S. The molecule has 0 bridgehead atoms. The first-order valence-electron chi connectivity index (χ1n) is 6.45. The zero-order valence-corrected chi connectivity index (χ0v) is 12.2. The standard InChI is InChI=1S/C14H18N2O2S/c1-4-6-16-13(17)12(19-14(16)18)8-11-5-7-15(9-11)10(2)3/h5,7-10H,4,6H2,1-3H3/b12-8+. The highest BCUT2D eigenvalue weighted by molar-refractivity contribution is 8.18. The Morgan fingerprint density at radius 2 is 2.11 bits per heavy atom. The van der Waals surface area contributed by atoms with Crippen LogP contribution in [0.3, 0.4) is 0 Å². The molecular weight excluding hydrogens is 260 g/mol. The third-order valence-corrected chi connectivity index (χ3v) is 3.86. The van der Waals surface area contributed by atoms with Gasteiger partial charge in [-0.2, -0.15) is 0 Å². The Bertz CT molecular complexity index is 531. The molecule has 1 saturated heterocycles. The largest absolute Gasteiger partial charge is 0.351 e. The first kappa shape index (κ1) is 13.9. The Morgan fingerprint density at radius 3 is 2.68 bits per heavy atom. The SMILES string of the molecule is CCCN1C(=O)S/C(=C/c2ccn(C(C)C)c2)C1=O. The van der Waals surface area contributed by atoms with Gasteiger partial charge in [0.15, 0.2) is 0 Å². The molecule has 5 heteroatoms. The van der Waals surface area contributed by atoms with E-state index in [1.165, 1.54) is 4.90 Å². The predicted octanol–water partition coefficient (Wildman–Crippen LogP) is 3.52. The lowest BCUT2D eigenvalue weighted by atomic mass is 10.3. The summed E-state index contributed by atoms with van der Waals surface area (Å²) in [5.74, 6) is -0.172. The van der Waals surface area contributed by atoms with E-state index in [0.29, 0.717) is 17.5 Å². The Kier molecular flexibility index (Phi) is 4.14. The number of imide groups is 1. The Hall–Kier alpha value is -1.49. The van der Waals surface area contributed by atoms with Crippen LogP contribution in [0.2, 0.25) is 0 Å². The minimum atomic E-state index is -0.172. The molecule has 1 aliphatic rings. The van der Waals surface area contributed by atoms with Crippen LogP contribution in [0.1, 0.15) is 38.8 Å². The smallest absolute Gasteiger partial charge is 0.293 e. The van der Waals surface area contributed by atoms with E-state index in [-0.39, 0.29) is 11.1 Å². The van der Waals surface area contributed by atoms with E-state index in [9.17, 15) is 9.59 Å². The van der Waals surface area contributed by atoms with E-state index >= 15 is 0 Å². The predicted molar refractivity (Wildman–Crippen MR) is 77.8 cm³/mol. The van der Waals surface area contributed by atoms with E-state index in [0.717, 1.165) is 23.7 Å². The molecule has 1 fully saturated rings. The lowest BCUT2D eigenvalue weighted by Crippen LogP contribution is -2.28. The minimum absolute atomic E-state index is 0.165. The van der Waals surface area contributed by atoms with Crippen LogP contribution >= 0.6 is 11.8 Å². The lowest BCUT2D eigenvalue weighted by Gasteiger charge is -2.09. The van der Waals surface area contributed by atoms with E-state index in [1.54, 1.807) is 6.08 Å². The first-order valence-corrected chi connectivity index (χ1v) is 7.27. The first-order chi connectivity index (χ1) is 9.02. The van der Waals surface area contributed by atoms with Crippen LogP contribution in [0.5, 0.6) is 0 Å². The molecule has 2 amide bonds. The van der Waals surface area contributed by atoms with Crippen LogP contribution in [-0.4, -0.2) is 27.2 Å². The molecule has 0 unspecified atom stereocenters. The second-order valence-electron chi connectivity index (χ2n) is 4.82. The molecule has 0 spiro atoms. The number of rotatable bonds is 4. The van der Waals surface area contributed by atoms with Crippen LogP contribution in [0.15, 0.2) is 23.4 Å². The number of amides is 2.